The molecule has 3 heterocycles. The van der Waals surface area contributed by atoms with Crippen LogP contribution >= 0.6 is 0 Å². The normalized spacial score (nSPS) is 10.8. The highest BCUT2D eigenvalue weighted by molar-refractivity contribution is 5.90. The maximum Gasteiger partial charge on any atom is 0.337 e. The van der Waals surface area contributed by atoms with Gasteiger partial charge >= 0.3 is 5.97 Å². The number of fused-ring (bicyclic) bond motifs is 1. The van der Waals surface area contributed by atoms with Gasteiger partial charge in [-0.05, 0) is 31.2 Å². The predicted molar refractivity (Wildman–Crippen MR) is 69.0 cm³/mol. The second kappa shape index (κ2) is 4.28. The Bertz CT molecular complexity index is 755. The maximum atomic E-state index is 11.5. The minimum absolute atomic E-state index is 0.362. The fourth-order valence-electron chi connectivity index (χ4n) is 1.98. The topological polar surface area (TPSA) is 56.7 Å². The summed E-state index contributed by atoms with van der Waals surface area (Å²) in [6, 6.07) is 7.19. The van der Waals surface area contributed by atoms with Crippen molar-refractivity contribution in [2.45, 2.75) is 6.92 Å². The molecule has 0 fully saturated rings. The number of carbonyl (C=O) groups excluding carboxylic acids is 1. The third-order valence-electron chi connectivity index (χ3n) is 2.91. The number of carbonyl (C=O) groups is 1. The van der Waals surface area contributed by atoms with Crippen LogP contribution in [0.15, 0.2) is 41.1 Å². The van der Waals surface area contributed by atoms with E-state index in [9.17, 15) is 4.79 Å². The molecule has 0 saturated heterocycles. The van der Waals surface area contributed by atoms with E-state index >= 15 is 0 Å². The molecule has 0 atom stereocenters. The number of aromatic nitrogens is 2. The SMILES string of the molecule is COC(=O)c1ccn2c(-c3ccc(C)o3)ncc2c1. The molecule has 19 heavy (non-hydrogen) atoms. The number of furan rings is 1. The quantitative estimate of drug-likeness (QED) is 0.661. The second-order valence-corrected chi connectivity index (χ2v) is 4.19. The fourth-order valence-corrected chi connectivity index (χ4v) is 1.98. The molecule has 0 saturated carbocycles. The first kappa shape index (κ1) is 11.5. The third kappa shape index (κ3) is 1.89. The van der Waals surface area contributed by atoms with Gasteiger partial charge in [0.05, 0.1) is 24.4 Å². The summed E-state index contributed by atoms with van der Waals surface area (Å²) in [6.45, 7) is 1.88. The van der Waals surface area contributed by atoms with Crippen LogP contribution in [-0.4, -0.2) is 22.5 Å². The molecule has 0 aliphatic carbocycles. The van der Waals surface area contributed by atoms with Gasteiger partial charge in [-0.15, -0.1) is 0 Å². The van der Waals surface area contributed by atoms with Gasteiger partial charge in [0.25, 0.3) is 0 Å². The van der Waals surface area contributed by atoms with Crippen molar-refractivity contribution in [3.05, 3.63) is 48.0 Å². The molecule has 0 N–H and O–H groups in total. The number of rotatable bonds is 2. The first-order chi connectivity index (χ1) is 9.19. The van der Waals surface area contributed by atoms with Gasteiger partial charge in [-0.3, -0.25) is 4.40 Å². The lowest BCUT2D eigenvalue weighted by molar-refractivity contribution is 0.0600. The van der Waals surface area contributed by atoms with Gasteiger partial charge in [-0.25, -0.2) is 9.78 Å². The smallest absolute Gasteiger partial charge is 0.337 e. The molecule has 0 amide bonds. The van der Waals surface area contributed by atoms with Gasteiger partial charge in [0.1, 0.15) is 5.76 Å². The lowest BCUT2D eigenvalue weighted by atomic mass is 10.2. The number of hydrogen-bond donors (Lipinski definition) is 0. The van der Waals surface area contributed by atoms with E-state index in [0.717, 1.165) is 11.3 Å². The van der Waals surface area contributed by atoms with Crippen LogP contribution in [0.2, 0.25) is 0 Å². The number of methoxy groups -OCH3 is 1. The molecular weight excluding hydrogens is 244 g/mol. The van der Waals surface area contributed by atoms with Crippen molar-refractivity contribution < 1.29 is 13.9 Å². The van der Waals surface area contributed by atoms with Gasteiger partial charge in [0.2, 0.25) is 0 Å². The Hall–Kier alpha value is -2.56. The van der Waals surface area contributed by atoms with Crippen LogP contribution in [0.25, 0.3) is 17.1 Å². The summed E-state index contributed by atoms with van der Waals surface area (Å²) in [4.78, 5) is 15.8. The fraction of sp³-hybridized carbons (Fsp3) is 0.143. The highest BCUT2D eigenvalue weighted by atomic mass is 16.5. The first-order valence-corrected chi connectivity index (χ1v) is 5.81. The summed E-state index contributed by atoms with van der Waals surface area (Å²) in [5.41, 5.74) is 1.31. The summed E-state index contributed by atoms with van der Waals surface area (Å²) in [6.07, 6.45) is 3.47. The van der Waals surface area contributed by atoms with Gasteiger partial charge in [0.15, 0.2) is 11.6 Å². The van der Waals surface area contributed by atoms with E-state index in [2.05, 4.69) is 4.98 Å². The van der Waals surface area contributed by atoms with Crippen molar-refractivity contribution in [1.82, 2.24) is 9.38 Å². The summed E-state index contributed by atoms with van der Waals surface area (Å²) in [7, 11) is 1.36. The van der Waals surface area contributed by atoms with Crippen molar-refractivity contribution in [2.75, 3.05) is 7.11 Å². The van der Waals surface area contributed by atoms with E-state index in [4.69, 9.17) is 9.15 Å². The third-order valence-corrected chi connectivity index (χ3v) is 2.91. The Kier molecular flexibility index (Phi) is 2.59. The molecule has 96 valence electrons. The van der Waals surface area contributed by atoms with Crippen LogP contribution in [0.4, 0.5) is 0 Å². The second-order valence-electron chi connectivity index (χ2n) is 4.19. The summed E-state index contributed by atoms with van der Waals surface area (Å²) in [5, 5.41) is 0. The van der Waals surface area contributed by atoms with Crippen LogP contribution in [0, 0.1) is 6.92 Å². The lowest BCUT2D eigenvalue weighted by Gasteiger charge is -2.01. The van der Waals surface area contributed by atoms with Crippen LogP contribution in [0.5, 0.6) is 0 Å². The Balaban J connectivity index is 2.12. The first-order valence-electron chi connectivity index (χ1n) is 5.81. The molecule has 3 rings (SSSR count). The van der Waals surface area contributed by atoms with E-state index < -0.39 is 0 Å². The molecule has 0 spiro atoms. The largest absolute Gasteiger partial charge is 0.465 e. The minimum Gasteiger partial charge on any atom is -0.465 e. The summed E-state index contributed by atoms with van der Waals surface area (Å²) >= 11 is 0. The molecule has 0 aliphatic heterocycles. The van der Waals surface area contributed by atoms with Gasteiger partial charge in [-0.2, -0.15) is 0 Å². The zero-order valence-corrected chi connectivity index (χ0v) is 10.6. The highest BCUT2D eigenvalue weighted by Crippen LogP contribution is 2.22. The molecule has 0 unspecified atom stereocenters. The summed E-state index contributed by atoms with van der Waals surface area (Å²) in [5.74, 6) is 1.87. The van der Waals surface area contributed by atoms with Crippen LogP contribution in [-0.2, 0) is 4.74 Å². The van der Waals surface area contributed by atoms with Crippen molar-refractivity contribution in [3.8, 4) is 11.6 Å². The zero-order valence-electron chi connectivity index (χ0n) is 10.6. The van der Waals surface area contributed by atoms with Gasteiger partial charge < -0.3 is 9.15 Å². The van der Waals surface area contributed by atoms with Crippen molar-refractivity contribution in [3.63, 3.8) is 0 Å². The zero-order chi connectivity index (χ0) is 13.4. The Morgan fingerprint density at radius 1 is 1.37 bits per heavy atom. The van der Waals surface area contributed by atoms with E-state index in [-0.39, 0.29) is 5.97 Å². The van der Waals surface area contributed by atoms with Crippen LogP contribution in [0.1, 0.15) is 16.1 Å². The molecule has 0 radical (unpaired) electrons. The standard InChI is InChI=1S/C14H12N2O3/c1-9-3-4-12(19-9)13-15-8-11-7-10(14(17)18-2)5-6-16(11)13/h3-8H,1-2H3. The average Bonchev–Trinajstić information content (AvgIpc) is 3.02. The molecule has 0 bridgehead atoms. The highest BCUT2D eigenvalue weighted by Gasteiger charge is 2.12. The number of pyridine rings is 1. The predicted octanol–water partition coefficient (Wildman–Crippen LogP) is 2.69. The van der Waals surface area contributed by atoms with Crippen LogP contribution < -0.4 is 0 Å². The summed E-state index contributed by atoms with van der Waals surface area (Å²) < 4.78 is 12.1. The number of aryl methyl sites for hydroxylation is 1. The molecule has 0 aromatic carbocycles. The molecule has 5 heteroatoms. The number of hydrogen-bond acceptors (Lipinski definition) is 4. The lowest BCUT2D eigenvalue weighted by Crippen LogP contribution is -2.01. The van der Waals surface area contributed by atoms with Gasteiger partial charge in [-0.1, -0.05) is 0 Å². The monoisotopic (exact) mass is 256 g/mol. The minimum atomic E-state index is -0.362. The van der Waals surface area contributed by atoms with Crippen molar-refractivity contribution >= 4 is 11.5 Å². The number of imidazole rings is 1. The Morgan fingerprint density at radius 2 is 2.21 bits per heavy atom. The van der Waals surface area contributed by atoms with Crippen molar-refractivity contribution in [2.24, 2.45) is 0 Å². The van der Waals surface area contributed by atoms with E-state index in [1.807, 2.05) is 23.5 Å². The van der Waals surface area contributed by atoms with E-state index in [1.165, 1.54) is 7.11 Å². The number of ether oxygens (including phenoxy) is 1. The molecular formula is C14H12N2O3. The molecule has 3 aromatic rings. The molecule has 5 nitrogen and oxygen atoms in total. The Labute approximate surface area is 109 Å². The number of esters is 1. The van der Waals surface area contributed by atoms with E-state index in [0.29, 0.717) is 17.1 Å². The Morgan fingerprint density at radius 3 is 2.89 bits per heavy atom. The molecule has 3 aromatic heterocycles. The molecule has 0 aliphatic rings. The number of nitrogens with zero attached hydrogens (tertiary/aromatic N) is 2. The maximum absolute atomic E-state index is 11.5. The van der Waals surface area contributed by atoms with Crippen molar-refractivity contribution in [1.29, 1.82) is 0 Å². The van der Waals surface area contributed by atoms with Gasteiger partial charge in [0, 0.05) is 6.20 Å². The van der Waals surface area contributed by atoms with Crippen LogP contribution in [0.3, 0.4) is 0 Å². The van der Waals surface area contributed by atoms with E-state index in [1.54, 1.807) is 24.5 Å². The average molecular weight is 256 g/mol.